The van der Waals surface area contributed by atoms with E-state index in [0.717, 1.165) is 14.0 Å². The first-order chi connectivity index (χ1) is 4.04. The van der Waals surface area contributed by atoms with Gasteiger partial charge in [0, 0.05) is 0 Å². The first-order valence-corrected chi connectivity index (χ1v) is 2.41. The highest BCUT2D eigenvalue weighted by atomic mass is 19.1. The summed E-state index contributed by atoms with van der Waals surface area (Å²) in [7, 11) is 1.09. The lowest BCUT2D eigenvalue weighted by Gasteiger charge is -2.14. The molecule has 1 N–H and O–H groups in total. The van der Waals surface area contributed by atoms with E-state index < -0.39 is 18.2 Å². The number of methoxy groups -OCH3 is 1. The molecule has 1 unspecified atom stereocenters. The predicted octanol–water partition coefficient (Wildman–Crippen LogP) is -0.120. The number of alkyl halides is 1. The number of carbonyl (C=O) groups is 1. The monoisotopic (exact) mass is 136 g/mol. The third-order valence-electron chi connectivity index (χ3n) is 0.885. The van der Waals surface area contributed by atoms with Crippen LogP contribution in [0.3, 0.4) is 0 Å². The average molecular weight is 136 g/mol. The standard InChI is InChI=1S/C5H9FO3/c1-5(8,3-6)4(7)9-2/h8H,3H2,1-2H3. The van der Waals surface area contributed by atoms with Crippen molar-refractivity contribution >= 4 is 5.97 Å². The minimum Gasteiger partial charge on any atom is -0.467 e. The first kappa shape index (κ1) is 8.36. The molecule has 9 heavy (non-hydrogen) atoms. The summed E-state index contributed by atoms with van der Waals surface area (Å²) in [6.07, 6.45) is 0. The van der Waals surface area contributed by atoms with Gasteiger partial charge in [0.15, 0.2) is 5.60 Å². The Balaban J connectivity index is 3.97. The summed E-state index contributed by atoms with van der Waals surface area (Å²) in [6, 6.07) is 0. The van der Waals surface area contributed by atoms with Crippen LogP contribution in [0, 0.1) is 0 Å². The van der Waals surface area contributed by atoms with Gasteiger partial charge in [0.2, 0.25) is 0 Å². The molecule has 3 nitrogen and oxygen atoms in total. The Labute approximate surface area is 52.4 Å². The zero-order chi connectivity index (χ0) is 7.49. The van der Waals surface area contributed by atoms with E-state index in [9.17, 15) is 9.18 Å². The second kappa shape index (κ2) is 2.77. The second-order valence-corrected chi connectivity index (χ2v) is 1.90. The van der Waals surface area contributed by atoms with Crippen molar-refractivity contribution in [3.63, 3.8) is 0 Å². The molecule has 0 aliphatic rings. The fourth-order valence-electron chi connectivity index (χ4n) is 0.274. The molecule has 0 aromatic rings. The first-order valence-electron chi connectivity index (χ1n) is 2.41. The van der Waals surface area contributed by atoms with Gasteiger partial charge in [-0.15, -0.1) is 0 Å². The number of hydrogen-bond acceptors (Lipinski definition) is 3. The summed E-state index contributed by atoms with van der Waals surface area (Å²) < 4.78 is 15.7. The van der Waals surface area contributed by atoms with Crippen LogP contribution in [0.25, 0.3) is 0 Å². The Bertz CT molecular complexity index is 111. The molecule has 1 atom stereocenters. The van der Waals surface area contributed by atoms with Gasteiger partial charge in [0.1, 0.15) is 6.67 Å². The molecule has 0 amide bonds. The van der Waals surface area contributed by atoms with Crippen LogP contribution in [0.4, 0.5) is 4.39 Å². The van der Waals surface area contributed by atoms with Gasteiger partial charge in [-0.3, -0.25) is 0 Å². The number of rotatable bonds is 2. The van der Waals surface area contributed by atoms with Gasteiger partial charge in [0.25, 0.3) is 0 Å². The van der Waals surface area contributed by atoms with Crippen molar-refractivity contribution in [1.29, 1.82) is 0 Å². The second-order valence-electron chi connectivity index (χ2n) is 1.90. The molecule has 0 radical (unpaired) electrons. The smallest absolute Gasteiger partial charge is 0.340 e. The Morgan fingerprint density at radius 2 is 2.33 bits per heavy atom. The van der Waals surface area contributed by atoms with E-state index in [-0.39, 0.29) is 0 Å². The summed E-state index contributed by atoms with van der Waals surface area (Å²) in [4.78, 5) is 10.4. The molecule has 0 rings (SSSR count). The maximum Gasteiger partial charge on any atom is 0.340 e. The van der Waals surface area contributed by atoms with Gasteiger partial charge in [0.05, 0.1) is 7.11 Å². The SMILES string of the molecule is COC(=O)C(C)(O)CF. The Hall–Kier alpha value is -0.640. The molecule has 54 valence electrons. The van der Waals surface area contributed by atoms with Crippen LogP contribution in [-0.2, 0) is 9.53 Å². The predicted molar refractivity (Wildman–Crippen MR) is 28.6 cm³/mol. The van der Waals surface area contributed by atoms with E-state index in [4.69, 9.17) is 5.11 Å². The largest absolute Gasteiger partial charge is 0.467 e. The van der Waals surface area contributed by atoms with Crippen LogP contribution in [-0.4, -0.2) is 30.5 Å². The van der Waals surface area contributed by atoms with E-state index in [1.165, 1.54) is 0 Å². The molecule has 0 aliphatic carbocycles. The van der Waals surface area contributed by atoms with Crippen LogP contribution >= 0.6 is 0 Å². The van der Waals surface area contributed by atoms with E-state index in [2.05, 4.69) is 4.74 Å². The molecule has 0 aromatic carbocycles. The van der Waals surface area contributed by atoms with Gasteiger partial charge >= 0.3 is 5.97 Å². The normalized spacial score (nSPS) is 16.4. The Kier molecular flexibility index (Phi) is 2.58. The fraction of sp³-hybridized carbons (Fsp3) is 0.800. The molecule has 0 heterocycles. The van der Waals surface area contributed by atoms with Crippen molar-refractivity contribution in [2.75, 3.05) is 13.8 Å². The molecule has 0 fully saturated rings. The lowest BCUT2D eigenvalue weighted by molar-refractivity contribution is -0.161. The lowest BCUT2D eigenvalue weighted by atomic mass is 10.1. The molecule has 0 saturated carbocycles. The van der Waals surface area contributed by atoms with Crippen LogP contribution in [0.2, 0.25) is 0 Å². The van der Waals surface area contributed by atoms with Crippen LogP contribution < -0.4 is 0 Å². The van der Waals surface area contributed by atoms with E-state index in [1.54, 1.807) is 0 Å². The number of carbonyl (C=O) groups excluding carboxylic acids is 1. The quantitative estimate of drug-likeness (QED) is 0.538. The zero-order valence-corrected chi connectivity index (χ0v) is 5.35. The van der Waals surface area contributed by atoms with Crippen LogP contribution in [0.15, 0.2) is 0 Å². The minimum atomic E-state index is -1.98. The summed E-state index contributed by atoms with van der Waals surface area (Å²) >= 11 is 0. The van der Waals surface area contributed by atoms with Gasteiger partial charge in [-0.05, 0) is 6.92 Å². The molecular formula is C5H9FO3. The van der Waals surface area contributed by atoms with Crippen LogP contribution in [0.5, 0.6) is 0 Å². The Morgan fingerprint density at radius 1 is 1.89 bits per heavy atom. The Morgan fingerprint density at radius 3 is 2.44 bits per heavy atom. The molecular weight excluding hydrogens is 127 g/mol. The zero-order valence-electron chi connectivity index (χ0n) is 5.35. The van der Waals surface area contributed by atoms with Gasteiger partial charge < -0.3 is 9.84 Å². The van der Waals surface area contributed by atoms with Crippen molar-refractivity contribution in [1.82, 2.24) is 0 Å². The van der Waals surface area contributed by atoms with Crippen molar-refractivity contribution in [3.05, 3.63) is 0 Å². The summed E-state index contributed by atoms with van der Waals surface area (Å²) in [5.41, 5.74) is -1.98. The topological polar surface area (TPSA) is 46.5 Å². The van der Waals surface area contributed by atoms with E-state index in [1.807, 2.05) is 0 Å². The van der Waals surface area contributed by atoms with E-state index >= 15 is 0 Å². The van der Waals surface area contributed by atoms with Crippen LogP contribution in [0.1, 0.15) is 6.92 Å². The number of hydrogen-bond donors (Lipinski definition) is 1. The maximum atomic E-state index is 11.7. The molecule has 0 saturated heterocycles. The lowest BCUT2D eigenvalue weighted by Crippen LogP contribution is -2.38. The number of ether oxygens (including phenoxy) is 1. The number of esters is 1. The highest BCUT2D eigenvalue weighted by Crippen LogP contribution is 2.04. The van der Waals surface area contributed by atoms with Gasteiger partial charge in [-0.1, -0.05) is 0 Å². The van der Waals surface area contributed by atoms with Crippen molar-refractivity contribution in [2.24, 2.45) is 0 Å². The maximum absolute atomic E-state index is 11.7. The summed E-state index contributed by atoms with van der Waals surface area (Å²) in [5.74, 6) is -0.954. The van der Waals surface area contributed by atoms with Crippen molar-refractivity contribution in [3.8, 4) is 0 Å². The molecule has 0 aliphatic heterocycles. The third kappa shape index (κ3) is 1.97. The van der Waals surface area contributed by atoms with Crippen molar-refractivity contribution < 1.29 is 19.0 Å². The molecule has 4 heteroatoms. The summed E-state index contributed by atoms with van der Waals surface area (Å²) in [5, 5.41) is 8.74. The van der Waals surface area contributed by atoms with Crippen molar-refractivity contribution in [2.45, 2.75) is 12.5 Å². The fourth-order valence-corrected chi connectivity index (χ4v) is 0.274. The molecule has 0 spiro atoms. The average Bonchev–Trinajstić information content (AvgIpc) is 1.86. The molecule has 0 aromatic heterocycles. The van der Waals surface area contributed by atoms with E-state index in [0.29, 0.717) is 0 Å². The minimum absolute atomic E-state index is 0.954. The number of halogens is 1. The third-order valence-corrected chi connectivity index (χ3v) is 0.885. The highest BCUT2D eigenvalue weighted by molar-refractivity contribution is 5.78. The molecule has 0 bridgehead atoms. The highest BCUT2D eigenvalue weighted by Gasteiger charge is 2.31. The van der Waals surface area contributed by atoms with Gasteiger partial charge in [-0.2, -0.15) is 0 Å². The number of aliphatic hydroxyl groups is 1. The summed E-state index contributed by atoms with van der Waals surface area (Å²) in [6.45, 7) is -0.0709. The van der Waals surface area contributed by atoms with Gasteiger partial charge in [-0.25, -0.2) is 9.18 Å².